The van der Waals surface area contributed by atoms with E-state index < -0.39 is 16.9 Å². The zero-order valence-electron chi connectivity index (χ0n) is 14.8. The SMILES string of the molecule is O=C(Nc1ccc(Cl)cc1)Nc1ccc(OC(=O)c2ccc([N+](=O)[O-])cc2)cc1. The zero-order chi connectivity index (χ0) is 20.8. The van der Waals surface area contributed by atoms with Gasteiger partial charge in [-0.05, 0) is 60.7 Å². The Bertz CT molecular complexity index is 1040. The highest BCUT2D eigenvalue weighted by molar-refractivity contribution is 6.30. The molecular weight excluding hydrogens is 398 g/mol. The Morgan fingerprint density at radius 2 is 1.34 bits per heavy atom. The number of nitro benzene ring substituents is 1. The van der Waals surface area contributed by atoms with Gasteiger partial charge in [0.15, 0.2) is 0 Å². The van der Waals surface area contributed by atoms with Crippen molar-refractivity contribution in [2.24, 2.45) is 0 Å². The summed E-state index contributed by atoms with van der Waals surface area (Å²) in [5.74, 6) is -0.391. The largest absolute Gasteiger partial charge is 0.423 e. The molecule has 9 heteroatoms. The van der Waals surface area contributed by atoms with Crippen LogP contribution in [-0.4, -0.2) is 16.9 Å². The van der Waals surface area contributed by atoms with Crippen LogP contribution in [0, 0.1) is 10.1 Å². The first-order valence-electron chi connectivity index (χ1n) is 8.31. The highest BCUT2D eigenvalue weighted by Crippen LogP contribution is 2.19. The van der Waals surface area contributed by atoms with E-state index in [9.17, 15) is 19.7 Å². The summed E-state index contributed by atoms with van der Waals surface area (Å²) in [5.41, 5.74) is 1.14. The van der Waals surface area contributed by atoms with Crippen LogP contribution in [0.15, 0.2) is 72.8 Å². The number of carbonyl (C=O) groups excluding carboxylic acids is 2. The molecule has 0 aliphatic rings. The highest BCUT2D eigenvalue weighted by atomic mass is 35.5. The van der Waals surface area contributed by atoms with Crippen LogP contribution in [0.3, 0.4) is 0 Å². The van der Waals surface area contributed by atoms with Gasteiger partial charge in [-0.1, -0.05) is 11.6 Å². The predicted octanol–water partition coefficient (Wildman–Crippen LogP) is 5.11. The average molecular weight is 412 g/mol. The summed E-state index contributed by atoms with van der Waals surface area (Å²) >= 11 is 5.80. The van der Waals surface area contributed by atoms with Gasteiger partial charge in [0.1, 0.15) is 5.75 Å². The van der Waals surface area contributed by atoms with Crippen molar-refractivity contribution in [1.82, 2.24) is 0 Å². The van der Waals surface area contributed by atoms with Gasteiger partial charge in [-0.15, -0.1) is 0 Å². The summed E-state index contributed by atoms with van der Waals surface area (Å²) in [7, 11) is 0. The van der Waals surface area contributed by atoms with Gasteiger partial charge in [0.05, 0.1) is 10.5 Å². The Hall–Kier alpha value is -3.91. The first-order chi connectivity index (χ1) is 13.9. The van der Waals surface area contributed by atoms with Crippen LogP contribution in [0.2, 0.25) is 5.02 Å². The smallest absolute Gasteiger partial charge is 0.343 e. The van der Waals surface area contributed by atoms with Gasteiger partial charge in [0, 0.05) is 28.5 Å². The summed E-state index contributed by atoms with van der Waals surface area (Å²) < 4.78 is 5.22. The number of esters is 1. The van der Waals surface area contributed by atoms with Gasteiger partial charge in [-0.3, -0.25) is 10.1 Å². The second kappa shape index (κ2) is 8.85. The molecule has 3 rings (SSSR count). The number of hydrogen-bond acceptors (Lipinski definition) is 5. The average Bonchev–Trinajstić information content (AvgIpc) is 2.71. The second-order valence-electron chi connectivity index (χ2n) is 5.80. The highest BCUT2D eigenvalue weighted by Gasteiger charge is 2.12. The molecule has 0 bridgehead atoms. The summed E-state index contributed by atoms with van der Waals surface area (Å²) in [5, 5.41) is 16.5. The number of rotatable bonds is 5. The van der Waals surface area contributed by atoms with Crippen LogP contribution >= 0.6 is 11.6 Å². The van der Waals surface area contributed by atoms with E-state index in [1.54, 1.807) is 36.4 Å². The fourth-order valence-electron chi connectivity index (χ4n) is 2.32. The molecule has 0 spiro atoms. The standard InChI is InChI=1S/C20H14ClN3O5/c21-14-3-5-15(6-4-14)22-20(26)23-16-7-11-18(12-8-16)29-19(25)13-1-9-17(10-2-13)24(27)28/h1-12H,(H2,22,23,26). The van der Waals surface area contributed by atoms with Crippen LogP contribution in [0.1, 0.15) is 10.4 Å². The zero-order valence-corrected chi connectivity index (χ0v) is 15.6. The van der Waals surface area contributed by atoms with Crippen molar-refractivity contribution in [3.05, 3.63) is 93.5 Å². The van der Waals surface area contributed by atoms with Crippen LogP contribution in [-0.2, 0) is 0 Å². The fraction of sp³-hybridized carbons (Fsp3) is 0. The monoisotopic (exact) mass is 411 g/mol. The molecule has 0 unspecified atom stereocenters. The van der Waals surface area contributed by atoms with E-state index in [2.05, 4.69) is 10.6 Å². The topological polar surface area (TPSA) is 111 Å². The number of non-ortho nitro benzene ring substituents is 1. The fourth-order valence-corrected chi connectivity index (χ4v) is 2.44. The number of nitro groups is 1. The lowest BCUT2D eigenvalue weighted by molar-refractivity contribution is -0.384. The van der Waals surface area contributed by atoms with E-state index in [1.807, 2.05) is 0 Å². The third-order valence-corrected chi connectivity index (χ3v) is 3.99. The van der Waals surface area contributed by atoms with Crippen molar-refractivity contribution < 1.29 is 19.2 Å². The van der Waals surface area contributed by atoms with Gasteiger partial charge >= 0.3 is 12.0 Å². The maximum Gasteiger partial charge on any atom is 0.343 e. The number of halogens is 1. The molecule has 0 saturated carbocycles. The van der Waals surface area contributed by atoms with E-state index in [0.29, 0.717) is 16.4 Å². The Balaban J connectivity index is 1.56. The molecule has 2 amide bonds. The molecule has 0 aromatic heterocycles. The molecule has 0 aliphatic heterocycles. The minimum Gasteiger partial charge on any atom is -0.423 e. The molecule has 29 heavy (non-hydrogen) atoms. The van der Waals surface area contributed by atoms with Crippen molar-refractivity contribution in [2.45, 2.75) is 0 Å². The Kier molecular flexibility index (Phi) is 6.06. The maximum absolute atomic E-state index is 12.1. The minimum absolute atomic E-state index is 0.117. The molecule has 146 valence electrons. The number of nitrogens with zero attached hydrogens (tertiary/aromatic N) is 1. The summed E-state index contributed by atoms with van der Waals surface area (Å²) in [6.07, 6.45) is 0. The van der Waals surface area contributed by atoms with Crippen molar-refractivity contribution in [3.63, 3.8) is 0 Å². The van der Waals surface area contributed by atoms with E-state index in [-0.39, 0.29) is 17.0 Å². The third-order valence-electron chi connectivity index (χ3n) is 3.74. The maximum atomic E-state index is 12.1. The van der Waals surface area contributed by atoms with Crippen molar-refractivity contribution >= 4 is 40.7 Å². The predicted molar refractivity (Wildman–Crippen MR) is 109 cm³/mol. The van der Waals surface area contributed by atoms with E-state index in [4.69, 9.17) is 16.3 Å². The normalized spacial score (nSPS) is 10.1. The molecule has 0 saturated heterocycles. The molecule has 0 fully saturated rings. The Morgan fingerprint density at radius 1 is 0.828 bits per heavy atom. The van der Waals surface area contributed by atoms with Crippen molar-refractivity contribution in [3.8, 4) is 5.75 Å². The molecule has 0 radical (unpaired) electrons. The first-order valence-corrected chi connectivity index (χ1v) is 8.69. The van der Waals surface area contributed by atoms with Gasteiger partial charge in [0.2, 0.25) is 0 Å². The number of benzene rings is 3. The lowest BCUT2D eigenvalue weighted by Crippen LogP contribution is -2.19. The summed E-state index contributed by atoms with van der Waals surface area (Å²) in [6, 6.07) is 17.5. The molecule has 3 aromatic rings. The van der Waals surface area contributed by atoms with Gasteiger partial charge in [-0.2, -0.15) is 0 Å². The number of nitrogens with one attached hydrogen (secondary N) is 2. The number of amides is 2. The number of hydrogen-bond donors (Lipinski definition) is 2. The van der Waals surface area contributed by atoms with Crippen LogP contribution in [0.5, 0.6) is 5.75 Å². The summed E-state index contributed by atoms with van der Waals surface area (Å²) in [6.45, 7) is 0. The van der Waals surface area contributed by atoms with Crippen molar-refractivity contribution in [2.75, 3.05) is 10.6 Å². The third kappa shape index (κ3) is 5.53. The number of urea groups is 1. The lowest BCUT2D eigenvalue weighted by atomic mass is 10.2. The van der Waals surface area contributed by atoms with Gasteiger partial charge in [0.25, 0.3) is 5.69 Å². The number of ether oxygens (including phenoxy) is 1. The molecule has 8 nitrogen and oxygen atoms in total. The van der Waals surface area contributed by atoms with E-state index in [1.165, 1.54) is 36.4 Å². The number of anilines is 2. The van der Waals surface area contributed by atoms with E-state index in [0.717, 1.165) is 0 Å². The summed E-state index contributed by atoms with van der Waals surface area (Å²) in [4.78, 5) is 34.2. The van der Waals surface area contributed by atoms with E-state index >= 15 is 0 Å². The molecular formula is C20H14ClN3O5. The quantitative estimate of drug-likeness (QED) is 0.262. The lowest BCUT2D eigenvalue weighted by Gasteiger charge is -2.09. The van der Waals surface area contributed by atoms with Crippen LogP contribution < -0.4 is 15.4 Å². The van der Waals surface area contributed by atoms with Crippen LogP contribution in [0.25, 0.3) is 0 Å². The molecule has 3 aromatic carbocycles. The second-order valence-corrected chi connectivity index (χ2v) is 6.24. The van der Waals surface area contributed by atoms with Crippen LogP contribution in [0.4, 0.5) is 21.9 Å². The molecule has 0 aliphatic carbocycles. The first kappa shape index (κ1) is 19.8. The Labute approximate surface area is 170 Å². The molecule has 0 atom stereocenters. The Morgan fingerprint density at radius 3 is 1.86 bits per heavy atom. The molecule has 0 heterocycles. The molecule has 2 N–H and O–H groups in total. The van der Waals surface area contributed by atoms with Gasteiger partial charge in [-0.25, -0.2) is 9.59 Å². The minimum atomic E-state index is -0.652. The van der Waals surface area contributed by atoms with Crippen molar-refractivity contribution in [1.29, 1.82) is 0 Å². The van der Waals surface area contributed by atoms with Gasteiger partial charge < -0.3 is 15.4 Å². The number of carbonyl (C=O) groups is 2.